The lowest BCUT2D eigenvalue weighted by Gasteiger charge is -2.05. The van der Waals surface area contributed by atoms with Gasteiger partial charge in [-0.05, 0) is 25.0 Å². The fourth-order valence-electron chi connectivity index (χ4n) is 2.03. The minimum atomic E-state index is 0.0826. The van der Waals surface area contributed by atoms with E-state index in [-0.39, 0.29) is 11.8 Å². The third-order valence-corrected chi connectivity index (χ3v) is 5.49. The molecule has 2 aromatic heterocycles. The maximum absolute atomic E-state index is 9.84. The number of nitrogens with one attached hydrogen (secondary N) is 1. The van der Waals surface area contributed by atoms with Crippen LogP contribution < -0.4 is 5.32 Å². The van der Waals surface area contributed by atoms with E-state index in [2.05, 4.69) is 15.3 Å². The van der Waals surface area contributed by atoms with Crippen LogP contribution in [0.4, 0.5) is 10.8 Å². The van der Waals surface area contributed by atoms with Crippen molar-refractivity contribution in [3.05, 3.63) is 27.0 Å². The van der Waals surface area contributed by atoms with Gasteiger partial charge in [0.2, 0.25) is 5.88 Å². The van der Waals surface area contributed by atoms with Gasteiger partial charge >= 0.3 is 0 Å². The van der Waals surface area contributed by atoms with Crippen molar-refractivity contribution in [2.75, 3.05) is 5.32 Å². The van der Waals surface area contributed by atoms with E-state index in [4.69, 9.17) is 11.6 Å². The number of rotatable bonds is 3. The van der Waals surface area contributed by atoms with Crippen LogP contribution in [0.3, 0.4) is 0 Å². The van der Waals surface area contributed by atoms with Crippen molar-refractivity contribution < 1.29 is 5.11 Å². The standard InChI is InChI=1S/C14H14ClN3OS2/c1-6(2)12-13(19)18-14(21-12)17-9-5-10-11(4-8(9)15)20-7(3)16-10/h4-6,19H,1-3H3,(H,17,18). The molecule has 0 saturated heterocycles. The Hall–Kier alpha value is -1.37. The van der Waals surface area contributed by atoms with E-state index in [0.29, 0.717) is 10.2 Å². The minimum absolute atomic E-state index is 0.0826. The highest BCUT2D eigenvalue weighted by Gasteiger charge is 2.15. The SMILES string of the molecule is Cc1nc2cc(Nc3nc(O)c(C(C)C)s3)c(Cl)cc2s1. The maximum atomic E-state index is 9.84. The number of fused-ring (bicyclic) bond motifs is 1. The number of aromatic hydroxyl groups is 1. The number of benzene rings is 1. The zero-order valence-corrected chi connectivity index (χ0v) is 14.2. The Morgan fingerprint density at radius 1 is 1.24 bits per heavy atom. The van der Waals surface area contributed by atoms with E-state index in [0.717, 1.165) is 25.8 Å². The van der Waals surface area contributed by atoms with Crippen molar-refractivity contribution in [2.45, 2.75) is 26.7 Å². The van der Waals surface area contributed by atoms with Gasteiger partial charge in [0.25, 0.3) is 0 Å². The minimum Gasteiger partial charge on any atom is -0.492 e. The van der Waals surface area contributed by atoms with Gasteiger partial charge in [-0.1, -0.05) is 36.8 Å². The molecular formula is C14H14ClN3OS2. The van der Waals surface area contributed by atoms with Crippen molar-refractivity contribution in [3.63, 3.8) is 0 Å². The van der Waals surface area contributed by atoms with Crippen LogP contribution in [0.25, 0.3) is 10.2 Å². The summed E-state index contributed by atoms with van der Waals surface area (Å²) >= 11 is 9.35. The topological polar surface area (TPSA) is 58.0 Å². The molecule has 3 rings (SSSR count). The highest BCUT2D eigenvalue weighted by atomic mass is 35.5. The van der Waals surface area contributed by atoms with Gasteiger partial charge in [0.1, 0.15) is 0 Å². The fraction of sp³-hybridized carbons (Fsp3) is 0.286. The Morgan fingerprint density at radius 2 is 2.00 bits per heavy atom. The average Bonchev–Trinajstić information content (AvgIpc) is 2.92. The number of anilines is 2. The molecule has 0 aliphatic heterocycles. The molecule has 0 unspecified atom stereocenters. The summed E-state index contributed by atoms with van der Waals surface area (Å²) in [6.07, 6.45) is 0. The quantitative estimate of drug-likeness (QED) is 0.681. The largest absolute Gasteiger partial charge is 0.492 e. The molecule has 0 atom stereocenters. The van der Waals surface area contributed by atoms with Gasteiger partial charge in [0, 0.05) is 0 Å². The van der Waals surface area contributed by atoms with Gasteiger partial charge in [0.05, 0.1) is 30.8 Å². The summed E-state index contributed by atoms with van der Waals surface area (Å²) in [6, 6.07) is 3.81. The van der Waals surface area contributed by atoms with Gasteiger partial charge < -0.3 is 10.4 Å². The van der Waals surface area contributed by atoms with Crippen LogP contribution in [0.2, 0.25) is 5.02 Å². The second-order valence-electron chi connectivity index (χ2n) is 5.02. The molecule has 0 amide bonds. The fourth-order valence-corrected chi connectivity index (χ4v) is 4.03. The van der Waals surface area contributed by atoms with Crippen LogP contribution in [0.1, 0.15) is 29.7 Å². The van der Waals surface area contributed by atoms with Gasteiger partial charge in [-0.2, -0.15) is 4.98 Å². The average molecular weight is 340 g/mol. The Morgan fingerprint density at radius 3 is 2.67 bits per heavy atom. The third kappa shape index (κ3) is 2.84. The molecule has 0 spiro atoms. The van der Waals surface area contributed by atoms with Crippen LogP contribution in [0, 0.1) is 6.92 Å². The van der Waals surface area contributed by atoms with Crippen molar-refractivity contribution in [1.82, 2.24) is 9.97 Å². The van der Waals surface area contributed by atoms with E-state index in [9.17, 15) is 5.11 Å². The normalized spacial score (nSPS) is 11.5. The number of aryl methyl sites for hydroxylation is 1. The van der Waals surface area contributed by atoms with Gasteiger partial charge in [-0.25, -0.2) is 4.98 Å². The van der Waals surface area contributed by atoms with E-state index in [1.807, 2.05) is 32.9 Å². The van der Waals surface area contributed by atoms with Crippen LogP contribution in [-0.4, -0.2) is 15.1 Å². The smallest absolute Gasteiger partial charge is 0.227 e. The molecule has 0 bridgehead atoms. The molecule has 7 heteroatoms. The summed E-state index contributed by atoms with van der Waals surface area (Å²) in [5.41, 5.74) is 1.66. The van der Waals surface area contributed by atoms with Crippen molar-refractivity contribution in [1.29, 1.82) is 0 Å². The summed E-state index contributed by atoms with van der Waals surface area (Å²) in [4.78, 5) is 9.46. The van der Waals surface area contributed by atoms with E-state index >= 15 is 0 Å². The van der Waals surface area contributed by atoms with E-state index in [1.165, 1.54) is 11.3 Å². The van der Waals surface area contributed by atoms with Gasteiger partial charge in [-0.15, -0.1) is 11.3 Å². The first-order valence-electron chi connectivity index (χ1n) is 6.47. The van der Waals surface area contributed by atoms with Gasteiger partial charge in [-0.3, -0.25) is 0 Å². The third-order valence-electron chi connectivity index (χ3n) is 2.98. The molecule has 110 valence electrons. The summed E-state index contributed by atoms with van der Waals surface area (Å²) in [7, 11) is 0. The van der Waals surface area contributed by atoms with Crippen molar-refractivity contribution >= 4 is 55.3 Å². The summed E-state index contributed by atoms with van der Waals surface area (Å²) in [5, 5.41) is 15.3. The van der Waals surface area contributed by atoms with Crippen LogP contribution in [0.5, 0.6) is 5.88 Å². The molecular weight excluding hydrogens is 326 g/mol. The second-order valence-corrected chi connectivity index (χ2v) is 7.69. The van der Waals surface area contributed by atoms with Crippen LogP contribution in [0.15, 0.2) is 12.1 Å². The zero-order chi connectivity index (χ0) is 15.1. The molecule has 4 nitrogen and oxygen atoms in total. The van der Waals surface area contributed by atoms with Crippen LogP contribution >= 0.6 is 34.3 Å². The molecule has 1 aromatic carbocycles. The monoisotopic (exact) mass is 339 g/mol. The maximum Gasteiger partial charge on any atom is 0.227 e. The van der Waals surface area contributed by atoms with Crippen molar-refractivity contribution in [3.8, 4) is 5.88 Å². The lowest BCUT2D eigenvalue weighted by atomic mass is 10.2. The van der Waals surface area contributed by atoms with Gasteiger partial charge in [0.15, 0.2) is 5.13 Å². The number of hydrogen-bond acceptors (Lipinski definition) is 6. The van der Waals surface area contributed by atoms with Crippen molar-refractivity contribution in [2.24, 2.45) is 0 Å². The number of hydrogen-bond donors (Lipinski definition) is 2. The first-order chi connectivity index (χ1) is 9.94. The predicted octanol–water partition coefficient (Wildman–Crippen LogP) is 5.29. The second kappa shape index (κ2) is 5.44. The zero-order valence-electron chi connectivity index (χ0n) is 11.8. The van der Waals surface area contributed by atoms with E-state index in [1.54, 1.807) is 11.3 Å². The van der Waals surface area contributed by atoms with E-state index < -0.39 is 0 Å². The Labute approximate surface area is 135 Å². The first kappa shape index (κ1) is 14.6. The summed E-state index contributed by atoms with van der Waals surface area (Å²) in [6.45, 7) is 6.02. The molecule has 0 aliphatic carbocycles. The molecule has 3 aromatic rings. The lowest BCUT2D eigenvalue weighted by molar-refractivity contribution is 0.449. The first-order valence-corrected chi connectivity index (χ1v) is 8.48. The highest BCUT2D eigenvalue weighted by Crippen LogP contribution is 2.38. The predicted molar refractivity (Wildman–Crippen MR) is 90.5 cm³/mol. The molecule has 21 heavy (non-hydrogen) atoms. The molecule has 2 heterocycles. The van der Waals surface area contributed by atoms with Crippen LogP contribution in [-0.2, 0) is 0 Å². The highest BCUT2D eigenvalue weighted by molar-refractivity contribution is 7.18. The molecule has 0 saturated carbocycles. The summed E-state index contributed by atoms with van der Waals surface area (Å²) < 4.78 is 1.06. The lowest BCUT2D eigenvalue weighted by Crippen LogP contribution is -1.90. The number of thiazole rings is 2. The molecule has 0 fully saturated rings. The Bertz CT molecular complexity index is 810. The molecule has 0 aliphatic rings. The Balaban J connectivity index is 1.97. The number of aromatic nitrogens is 2. The summed E-state index contributed by atoms with van der Waals surface area (Å²) in [5.74, 6) is 0.316. The Kier molecular flexibility index (Phi) is 3.77. The number of halogens is 1. The number of nitrogens with zero attached hydrogens (tertiary/aromatic N) is 2. The molecule has 2 N–H and O–H groups in total. The molecule has 0 radical (unpaired) electrons.